The molecule has 0 aromatic rings. The number of alkyl halides is 1. The molecule has 18 nitrogen and oxygen atoms in total. The molecule has 0 aromatic heterocycles. The molecule has 0 aliphatic heterocycles. The van der Waals surface area contributed by atoms with Gasteiger partial charge in [0.2, 0.25) is 5.78 Å². The number of esters is 2. The van der Waals surface area contributed by atoms with Crippen LogP contribution in [0.1, 0.15) is 46.0 Å². The SMILES string of the molecule is C[C@]12C=CC(=O)C=C1CC[C@H]1[C@@H]3C[C@@H](O)[C@](O)(C(=O)COC(=O)CC(N)C(=O)OCC(CO[N+](=O)[O-])O[N+](=O)[O-])[C@@]3(C)C[C@H](O)[C@@]12F. The number of Topliss-reactive ketones (excluding diaryl/α,β-unsaturated/α-hetero) is 1. The third-order valence-electron chi connectivity index (χ3n) is 10.4. The lowest BCUT2D eigenvalue weighted by Crippen LogP contribution is -2.69. The number of nitrogens with zero attached hydrogens (tertiary/aromatic N) is 2. The molecule has 0 spiro atoms. The first-order valence-corrected chi connectivity index (χ1v) is 14.7. The average Bonchev–Trinajstić information content (AvgIpc) is 3.19. The molecular weight excluding hydrogens is 637 g/mol. The predicted molar refractivity (Wildman–Crippen MR) is 149 cm³/mol. The first-order valence-electron chi connectivity index (χ1n) is 14.7. The van der Waals surface area contributed by atoms with Crippen LogP contribution in [0.15, 0.2) is 23.8 Å². The van der Waals surface area contributed by atoms with Gasteiger partial charge in [-0.1, -0.05) is 18.6 Å². The third kappa shape index (κ3) is 6.07. The molecule has 47 heavy (non-hydrogen) atoms. The van der Waals surface area contributed by atoms with E-state index in [-0.39, 0.29) is 18.6 Å². The number of aliphatic hydroxyl groups excluding tert-OH is 2. The van der Waals surface area contributed by atoms with E-state index in [0.717, 1.165) is 0 Å². The van der Waals surface area contributed by atoms with Crippen molar-refractivity contribution in [3.05, 3.63) is 44.0 Å². The molecule has 10 atom stereocenters. The molecule has 260 valence electrons. The monoisotopic (exact) mass is 673 g/mol. The Labute approximate surface area is 265 Å². The van der Waals surface area contributed by atoms with Gasteiger partial charge in [-0.2, -0.15) is 0 Å². The van der Waals surface area contributed by atoms with E-state index >= 15 is 4.39 Å². The van der Waals surface area contributed by atoms with E-state index in [1.165, 1.54) is 25.2 Å². The van der Waals surface area contributed by atoms with Gasteiger partial charge in [0.05, 0.1) is 18.6 Å². The van der Waals surface area contributed by atoms with Crippen molar-refractivity contribution in [3.8, 4) is 0 Å². The first kappa shape index (κ1) is 35.8. The summed E-state index contributed by atoms with van der Waals surface area (Å²) in [4.78, 5) is 79.0. The summed E-state index contributed by atoms with van der Waals surface area (Å²) in [6.45, 7) is 0.103. The van der Waals surface area contributed by atoms with E-state index in [9.17, 15) is 54.7 Å². The van der Waals surface area contributed by atoms with Crippen LogP contribution in [-0.2, 0) is 38.3 Å². The van der Waals surface area contributed by atoms with Crippen LogP contribution in [0.2, 0.25) is 0 Å². The van der Waals surface area contributed by atoms with E-state index in [1.54, 1.807) is 6.92 Å². The number of aliphatic hydroxyl groups is 3. The molecule has 2 unspecified atom stereocenters. The van der Waals surface area contributed by atoms with Gasteiger partial charge in [-0.3, -0.25) is 19.2 Å². The van der Waals surface area contributed by atoms with Crippen LogP contribution < -0.4 is 5.73 Å². The highest BCUT2D eigenvalue weighted by molar-refractivity contribution is 6.01. The van der Waals surface area contributed by atoms with Gasteiger partial charge in [0, 0.05) is 16.7 Å². The zero-order valence-electron chi connectivity index (χ0n) is 25.4. The van der Waals surface area contributed by atoms with Gasteiger partial charge in [-0.05, 0) is 50.7 Å². The molecule has 0 saturated heterocycles. The van der Waals surface area contributed by atoms with E-state index in [2.05, 4.69) is 9.68 Å². The van der Waals surface area contributed by atoms with Gasteiger partial charge in [0.1, 0.15) is 19.3 Å². The number of halogens is 1. The Bertz CT molecular complexity index is 1410. The zero-order chi connectivity index (χ0) is 35.1. The Morgan fingerprint density at radius 1 is 1.11 bits per heavy atom. The maximum Gasteiger partial charge on any atom is 0.323 e. The van der Waals surface area contributed by atoms with Crippen LogP contribution in [0.3, 0.4) is 0 Å². The molecule has 0 heterocycles. The second kappa shape index (κ2) is 12.9. The van der Waals surface area contributed by atoms with E-state index in [0.29, 0.717) is 12.0 Å². The minimum absolute atomic E-state index is 0.179. The van der Waals surface area contributed by atoms with Crippen molar-refractivity contribution in [1.82, 2.24) is 0 Å². The lowest BCUT2D eigenvalue weighted by molar-refractivity contribution is -0.790. The normalized spacial score (nSPS) is 36.8. The summed E-state index contributed by atoms with van der Waals surface area (Å²) in [5.41, 5.74) is -1.59. The number of allylic oxidation sites excluding steroid dienone is 4. The molecule has 0 bridgehead atoms. The second-order valence-corrected chi connectivity index (χ2v) is 12.8. The number of nitrogens with two attached hydrogens (primary N) is 1. The van der Waals surface area contributed by atoms with Crippen LogP contribution in [-0.4, -0.2) is 104 Å². The second-order valence-electron chi connectivity index (χ2n) is 12.8. The smallest absolute Gasteiger partial charge is 0.323 e. The summed E-state index contributed by atoms with van der Waals surface area (Å²) < 4.78 is 26.8. The molecular formula is C28H36FN3O15. The molecule has 3 saturated carbocycles. The van der Waals surface area contributed by atoms with Crippen LogP contribution in [0.25, 0.3) is 0 Å². The fraction of sp³-hybridized carbons (Fsp3) is 0.714. The fourth-order valence-corrected chi connectivity index (χ4v) is 7.96. The number of fused-ring (bicyclic) bond motifs is 5. The highest BCUT2D eigenvalue weighted by Gasteiger charge is 2.76. The molecule has 19 heteroatoms. The van der Waals surface area contributed by atoms with E-state index < -0.39 is 119 Å². The summed E-state index contributed by atoms with van der Waals surface area (Å²) in [7, 11) is 0. The fourth-order valence-electron chi connectivity index (χ4n) is 7.96. The number of ketones is 2. The largest absolute Gasteiger partial charge is 0.462 e. The molecule has 3 fully saturated rings. The Hall–Kier alpha value is -4.07. The van der Waals surface area contributed by atoms with Crippen molar-refractivity contribution in [2.24, 2.45) is 28.4 Å². The number of hydrogen-bond acceptors (Lipinski definition) is 16. The van der Waals surface area contributed by atoms with Crippen molar-refractivity contribution in [2.75, 3.05) is 19.8 Å². The number of carbonyl (C=O) groups is 4. The van der Waals surface area contributed by atoms with Crippen molar-refractivity contribution in [2.45, 2.75) is 81.6 Å². The standard InChI is InChI=1S/C28H36FN3O15/c1-25-6-5-15(33)7-14(25)3-4-17-18-8-20(34)28(39,26(18,2)10-21(35)27(17,25)29)22(36)13-44-23(37)9-19(30)24(38)45-11-16(47-32(42)43)12-46-31(40)41/h5-7,16-21,34-35,39H,3-4,8-13,30H2,1-2H3/t16?,17-,18-,19?,20+,21-,25-,26-,27-,28-/m0/s1. The minimum Gasteiger partial charge on any atom is -0.462 e. The predicted octanol–water partition coefficient (Wildman–Crippen LogP) is -0.783. The molecule has 5 N–H and O–H groups in total. The number of ether oxygens (including phenoxy) is 2. The Balaban J connectivity index is 1.39. The van der Waals surface area contributed by atoms with Gasteiger partial charge >= 0.3 is 11.9 Å². The van der Waals surface area contributed by atoms with Crippen molar-refractivity contribution in [1.29, 1.82) is 0 Å². The van der Waals surface area contributed by atoms with Crippen LogP contribution in [0.5, 0.6) is 0 Å². The highest BCUT2D eigenvalue weighted by atomic mass is 19.1. The summed E-state index contributed by atoms with van der Waals surface area (Å²) in [5.74, 6) is -5.62. The maximum absolute atomic E-state index is 17.2. The minimum atomic E-state index is -2.56. The van der Waals surface area contributed by atoms with E-state index in [4.69, 9.17) is 15.2 Å². The Kier molecular flexibility index (Phi) is 9.78. The van der Waals surface area contributed by atoms with Gasteiger partial charge in [-0.25, -0.2) is 4.39 Å². The van der Waals surface area contributed by atoms with Gasteiger partial charge in [-0.15, -0.1) is 20.2 Å². The average molecular weight is 674 g/mol. The topological polar surface area (TPSA) is 278 Å². The van der Waals surface area contributed by atoms with E-state index in [1.807, 2.05) is 0 Å². The molecule has 4 rings (SSSR count). The van der Waals surface area contributed by atoms with Gasteiger partial charge in [0.25, 0.3) is 10.2 Å². The summed E-state index contributed by atoms with van der Waals surface area (Å²) >= 11 is 0. The number of carbonyl (C=O) groups excluding carboxylic acids is 4. The van der Waals surface area contributed by atoms with Crippen molar-refractivity contribution in [3.63, 3.8) is 0 Å². The van der Waals surface area contributed by atoms with Crippen LogP contribution in [0, 0.1) is 42.9 Å². The summed E-state index contributed by atoms with van der Waals surface area (Å²) in [6, 6.07) is -1.71. The van der Waals surface area contributed by atoms with Crippen molar-refractivity contribution < 1.29 is 68.2 Å². The van der Waals surface area contributed by atoms with Gasteiger partial charge < -0.3 is 40.2 Å². The molecule has 4 aliphatic carbocycles. The Morgan fingerprint density at radius 2 is 1.79 bits per heavy atom. The van der Waals surface area contributed by atoms with Crippen molar-refractivity contribution >= 4 is 23.5 Å². The number of hydrogen-bond donors (Lipinski definition) is 4. The summed E-state index contributed by atoms with van der Waals surface area (Å²) in [5, 5.41) is 52.4. The van der Waals surface area contributed by atoms with Crippen LogP contribution >= 0.6 is 0 Å². The summed E-state index contributed by atoms with van der Waals surface area (Å²) in [6.07, 6.45) is -2.08. The molecule has 0 amide bonds. The molecule has 4 aliphatic rings. The highest BCUT2D eigenvalue weighted by Crippen LogP contribution is 2.69. The number of rotatable bonds is 13. The molecule has 0 radical (unpaired) electrons. The third-order valence-corrected chi connectivity index (χ3v) is 10.4. The molecule has 0 aromatic carbocycles. The zero-order valence-corrected chi connectivity index (χ0v) is 25.4. The Morgan fingerprint density at radius 3 is 2.43 bits per heavy atom. The quantitative estimate of drug-likeness (QED) is 0.106. The first-order chi connectivity index (χ1) is 21.8. The maximum atomic E-state index is 17.2. The van der Waals surface area contributed by atoms with Crippen LogP contribution in [0.4, 0.5) is 4.39 Å². The van der Waals surface area contributed by atoms with Gasteiger partial charge in [0.15, 0.2) is 29.8 Å². The lowest BCUT2D eigenvalue weighted by atomic mass is 9.44. The lowest BCUT2D eigenvalue weighted by Gasteiger charge is -2.62.